The van der Waals surface area contributed by atoms with Crippen LogP contribution in [0.2, 0.25) is 0 Å². The molecule has 1 amide bonds. The Morgan fingerprint density at radius 3 is 2.82 bits per heavy atom. The van der Waals surface area contributed by atoms with Gasteiger partial charge < -0.3 is 9.32 Å². The van der Waals surface area contributed by atoms with E-state index in [-0.39, 0.29) is 5.91 Å². The van der Waals surface area contributed by atoms with Crippen LogP contribution in [0.4, 0.5) is 0 Å². The van der Waals surface area contributed by atoms with E-state index in [2.05, 4.69) is 11.9 Å². The molecule has 0 aromatic carbocycles. The normalized spacial score (nSPS) is 20.6. The molecule has 2 rings (SSSR count). The Hall–Kier alpha value is -1.32. The van der Waals surface area contributed by atoms with Crippen LogP contribution in [0, 0.1) is 13.8 Å². The van der Waals surface area contributed by atoms with Crippen LogP contribution in [0.1, 0.15) is 54.7 Å². The van der Waals surface area contributed by atoms with Gasteiger partial charge in [-0.3, -0.25) is 4.79 Å². The van der Waals surface area contributed by atoms with Crippen molar-refractivity contribution in [3.05, 3.63) is 17.3 Å². The molecule has 17 heavy (non-hydrogen) atoms. The minimum atomic E-state index is 0.00894. The molecule has 1 saturated heterocycles. The summed E-state index contributed by atoms with van der Waals surface area (Å²) in [6.45, 7) is 6.58. The number of carbonyl (C=O) groups is 1. The molecule has 0 N–H and O–H groups in total. The van der Waals surface area contributed by atoms with Gasteiger partial charge in [-0.25, -0.2) is 4.98 Å². The molecule has 0 radical (unpaired) electrons. The molecule has 1 aromatic rings. The first-order valence-corrected chi connectivity index (χ1v) is 6.38. The topological polar surface area (TPSA) is 46.3 Å². The Bertz CT molecular complexity index is 412. The summed E-state index contributed by atoms with van der Waals surface area (Å²) in [6.07, 6.45) is 4.43. The van der Waals surface area contributed by atoms with Gasteiger partial charge in [-0.2, -0.15) is 0 Å². The zero-order chi connectivity index (χ0) is 12.4. The third-order valence-electron chi connectivity index (χ3n) is 3.46. The van der Waals surface area contributed by atoms with Crippen LogP contribution in [0.3, 0.4) is 0 Å². The Balaban J connectivity index is 2.21. The van der Waals surface area contributed by atoms with Gasteiger partial charge in [0.05, 0.1) is 5.69 Å². The number of rotatable bonds is 2. The van der Waals surface area contributed by atoms with Gasteiger partial charge in [0.25, 0.3) is 5.91 Å². The molecule has 1 unspecified atom stereocenters. The second-order valence-corrected chi connectivity index (χ2v) is 4.70. The van der Waals surface area contributed by atoms with Crippen molar-refractivity contribution in [3.63, 3.8) is 0 Å². The zero-order valence-electron chi connectivity index (χ0n) is 10.8. The molecule has 0 aliphatic carbocycles. The average Bonchev–Trinajstić information content (AvgIpc) is 2.67. The number of oxazole rings is 1. The van der Waals surface area contributed by atoms with Crippen molar-refractivity contribution in [3.8, 4) is 0 Å². The van der Waals surface area contributed by atoms with Gasteiger partial charge in [-0.1, -0.05) is 6.92 Å². The highest BCUT2D eigenvalue weighted by Gasteiger charge is 2.29. The van der Waals surface area contributed by atoms with Crippen LogP contribution in [-0.2, 0) is 0 Å². The maximum atomic E-state index is 12.4. The average molecular weight is 236 g/mol. The van der Waals surface area contributed by atoms with Crippen molar-refractivity contribution in [2.24, 2.45) is 0 Å². The number of piperidine rings is 1. The van der Waals surface area contributed by atoms with Crippen LogP contribution < -0.4 is 0 Å². The van der Waals surface area contributed by atoms with E-state index in [0.29, 0.717) is 23.4 Å². The van der Waals surface area contributed by atoms with Gasteiger partial charge >= 0.3 is 0 Å². The number of hydrogen-bond donors (Lipinski definition) is 0. The molecular formula is C13H20N2O2. The number of carbonyl (C=O) groups excluding carboxylic acids is 1. The highest BCUT2D eigenvalue weighted by atomic mass is 16.4. The zero-order valence-corrected chi connectivity index (χ0v) is 10.8. The molecule has 1 aliphatic heterocycles. The van der Waals surface area contributed by atoms with Crippen LogP contribution >= 0.6 is 0 Å². The first-order chi connectivity index (χ1) is 8.13. The summed E-state index contributed by atoms with van der Waals surface area (Å²) in [6, 6.07) is 0.362. The molecular weight excluding hydrogens is 216 g/mol. The number of likely N-dealkylation sites (tertiary alicyclic amines) is 1. The van der Waals surface area contributed by atoms with Crippen molar-refractivity contribution >= 4 is 5.91 Å². The quantitative estimate of drug-likeness (QED) is 0.793. The third-order valence-corrected chi connectivity index (χ3v) is 3.46. The van der Waals surface area contributed by atoms with Gasteiger partial charge in [0.1, 0.15) is 0 Å². The van der Waals surface area contributed by atoms with E-state index < -0.39 is 0 Å². The van der Waals surface area contributed by atoms with Crippen molar-refractivity contribution < 1.29 is 9.21 Å². The molecule has 0 bridgehead atoms. The first kappa shape index (κ1) is 12.1. The first-order valence-electron chi connectivity index (χ1n) is 6.38. The molecule has 4 heteroatoms. The van der Waals surface area contributed by atoms with E-state index in [0.717, 1.165) is 25.8 Å². The molecule has 4 nitrogen and oxygen atoms in total. The summed E-state index contributed by atoms with van der Waals surface area (Å²) in [4.78, 5) is 18.5. The lowest BCUT2D eigenvalue weighted by Gasteiger charge is -2.34. The fraction of sp³-hybridized carbons (Fsp3) is 0.692. The fourth-order valence-corrected chi connectivity index (χ4v) is 2.55. The van der Waals surface area contributed by atoms with Crippen LogP contribution in [0.25, 0.3) is 0 Å². The molecule has 0 saturated carbocycles. The van der Waals surface area contributed by atoms with Gasteiger partial charge in [0, 0.05) is 19.5 Å². The number of nitrogens with zero attached hydrogens (tertiary/aromatic N) is 2. The fourth-order valence-electron chi connectivity index (χ4n) is 2.55. The van der Waals surface area contributed by atoms with E-state index in [1.165, 1.54) is 6.42 Å². The lowest BCUT2D eigenvalue weighted by atomic mass is 9.99. The molecule has 1 fully saturated rings. The molecule has 0 spiro atoms. The van der Waals surface area contributed by atoms with Crippen LogP contribution in [0.15, 0.2) is 4.42 Å². The molecule has 94 valence electrons. The van der Waals surface area contributed by atoms with E-state index >= 15 is 0 Å². The Morgan fingerprint density at radius 2 is 2.24 bits per heavy atom. The van der Waals surface area contributed by atoms with Crippen molar-refractivity contribution in [1.29, 1.82) is 0 Å². The van der Waals surface area contributed by atoms with E-state index in [1.54, 1.807) is 6.92 Å². The van der Waals surface area contributed by atoms with Crippen molar-refractivity contribution in [2.45, 2.75) is 52.5 Å². The predicted molar refractivity (Wildman–Crippen MR) is 64.9 cm³/mol. The molecule has 2 heterocycles. The standard InChI is InChI=1S/C13H20N2O2/c1-4-11-7-5-6-8-15(11)13(16)12-9(2)14-10(3)17-12/h11H,4-8H2,1-3H3. The summed E-state index contributed by atoms with van der Waals surface area (Å²) < 4.78 is 5.42. The lowest BCUT2D eigenvalue weighted by molar-refractivity contribution is 0.0573. The molecule has 1 atom stereocenters. The summed E-state index contributed by atoms with van der Waals surface area (Å²) >= 11 is 0. The Kier molecular flexibility index (Phi) is 3.50. The van der Waals surface area contributed by atoms with Gasteiger partial charge in [0.2, 0.25) is 5.76 Å². The Labute approximate surface area is 102 Å². The number of aromatic nitrogens is 1. The van der Waals surface area contributed by atoms with Crippen molar-refractivity contribution in [1.82, 2.24) is 9.88 Å². The second kappa shape index (κ2) is 4.90. The monoisotopic (exact) mass is 236 g/mol. The highest BCUT2D eigenvalue weighted by Crippen LogP contribution is 2.23. The SMILES string of the molecule is CCC1CCCCN1C(=O)c1oc(C)nc1C. The summed E-state index contributed by atoms with van der Waals surface area (Å²) in [5.41, 5.74) is 0.702. The smallest absolute Gasteiger partial charge is 0.291 e. The highest BCUT2D eigenvalue weighted by molar-refractivity contribution is 5.92. The van der Waals surface area contributed by atoms with E-state index in [4.69, 9.17) is 4.42 Å². The molecule has 1 aliphatic rings. The maximum Gasteiger partial charge on any atom is 0.291 e. The minimum absolute atomic E-state index is 0.00894. The summed E-state index contributed by atoms with van der Waals surface area (Å²) in [5.74, 6) is 0.994. The maximum absolute atomic E-state index is 12.4. The largest absolute Gasteiger partial charge is 0.436 e. The minimum Gasteiger partial charge on any atom is -0.436 e. The van der Waals surface area contributed by atoms with Gasteiger partial charge in [-0.15, -0.1) is 0 Å². The van der Waals surface area contributed by atoms with Gasteiger partial charge in [-0.05, 0) is 32.6 Å². The second-order valence-electron chi connectivity index (χ2n) is 4.70. The van der Waals surface area contributed by atoms with Gasteiger partial charge in [0.15, 0.2) is 5.89 Å². The lowest BCUT2D eigenvalue weighted by Crippen LogP contribution is -2.43. The van der Waals surface area contributed by atoms with E-state index in [9.17, 15) is 4.79 Å². The van der Waals surface area contributed by atoms with Crippen LogP contribution in [0.5, 0.6) is 0 Å². The number of aryl methyl sites for hydroxylation is 2. The van der Waals surface area contributed by atoms with Crippen LogP contribution in [-0.4, -0.2) is 28.4 Å². The summed E-state index contributed by atoms with van der Waals surface area (Å²) in [5, 5.41) is 0. The predicted octanol–water partition coefficient (Wildman–Crippen LogP) is 2.70. The molecule has 1 aromatic heterocycles. The van der Waals surface area contributed by atoms with E-state index in [1.807, 2.05) is 11.8 Å². The number of hydrogen-bond acceptors (Lipinski definition) is 3. The van der Waals surface area contributed by atoms with Crippen molar-refractivity contribution in [2.75, 3.05) is 6.54 Å². The Morgan fingerprint density at radius 1 is 1.47 bits per heavy atom. The third kappa shape index (κ3) is 2.35. The summed E-state index contributed by atoms with van der Waals surface area (Å²) in [7, 11) is 0. The number of amides is 1.